The van der Waals surface area contributed by atoms with Crippen LogP contribution in [0.2, 0.25) is 0 Å². The highest BCUT2D eigenvalue weighted by molar-refractivity contribution is 8.00. The van der Waals surface area contributed by atoms with Crippen LogP contribution in [-0.4, -0.2) is 75.3 Å². The Bertz CT molecular complexity index is 1430. The van der Waals surface area contributed by atoms with Gasteiger partial charge in [0.15, 0.2) is 16.7 Å². The van der Waals surface area contributed by atoms with Gasteiger partial charge >= 0.3 is 24.3 Å². The third-order valence-corrected chi connectivity index (χ3v) is 8.04. The lowest BCUT2D eigenvalue weighted by molar-refractivity contribution is -0.193. The van der Waals surface area contributed by atoms with Crippen LogP contribution in [0.4, 0.5) is 37.3 Å². The smallest absolute Gasteiger partial charge is 0.475 e. The number of carbonyl (C=O) groups is 3. The number of carbonyl (C=O) groups excluding carboxylic acids is 1. The van der Waals surface area contributed by atoms with E-state index in [0.29, 0.717) is 24.0 Å². The molecule has 0 aliphatic carbocycles. The van der Waals surface area contributed by atoms with Crippen LogP contribution >= 0.6 is 23.1 Å². The zero-order chi connectivity index (χ0) is 35.2. The summed E-state index contributed by atoms with van der Waals surface area (Å²) in [6.07, 6.45) is -6.39. The Morgan fingerprint density at radius 1 is 1.06 bits per heavy atom. The second-order valence-electron chi connectivity index (χ2n) is 9.48. The van der Waals surface area contributed by atoms with Crippen molar-refractivity contribution in [1.29, 1.82) is 0 Å². The fourth-order valence-electron chi connectivity index (χ4n) is 3.72. The maximum atomic E-state index is 12.9. The highest BCUT2D eigenvalue weighted by Gasteiger charge is 2.39. The van der Waals surface area contributed by atoms with Gasteiger partial charge in [-0.25, -0.2) is 19.6 Å². The van der Waals surface area contributed by atoms with E-state index in [4.69, 9.17) is 24.5 Å². The molecule has 1 aliphatic heterocycles. The van der Waals surface area contributed by atoms with Crippen molar-refractivity contribution >= 4 is 51.9 Å². The van der Waals surface area contributed by atoms with E-state index < -0.39 is 24.3 Å². The summed E-state index contributed by atoms with van der Waals surface area (Å²) in [4.78, 5) is 40.7. The molecule has 4 rings (SSSR count). The molecule has 0 saturated carbocycles. The monoisotopic (exact) mass is 711 g/mol. The van der Waals surface area contributed by atoms with Crippen molar-refractivity contribution in [3.05, 3.63) is 53.7 Å². The second kappa shape index (κ2) is 18.3. The fourth-order valence-corrected chi connectivity index (χ4v) is 5.65. The number of aliphatic carboxylic acids is 2. The van der Waals surface area contributed by atoms with E-state index in [1.165, 1.54) is 11.3 Å². The van der Waals surface area contributed by atoms with Crippen LogP contribution in [0.25, 0.3) is 0 Å². The lowest BCUT2D eigenvalue weighted by atomic mass is 9.94. The average molecular weight is 712 g/mol. The van der Waals surface area contributed by atoms with Crippen molar-refractivity contribution in [1.82, 2.24) is 20.6 Å². The minimum Gasteiger partial charge on any atom is -0.475 e. The molecule has 258 valence electrons. The molecule has 1 atom stereocenters. The number of aryl methyl sites for hydroxylation is 1. The van der Waals surface area contributed by atoms with Gasteiger partial charge in [-0.3, -0.25) is 4.79 Å². The van der Waals surface area contributed by atoms with Crippen LogP contribution in [0.5, 0.6) is 11.5 Å². The van der Waals surface area contributed by atoms with Gasteiger partial charge < -0.3 is 30.9 Å². The zero-order valence-corrected chi connectivity index (χ0v) is 26.4. The van der Waals surface area contributed by atoms with Crippen LogP contribution < -0.4 is 20.7 Å². The van der Waals surface area contributed by atoms with Gasteiger partial charge in [0.25, 0.3) is 0 Å². The Hall–Kier alpha value is -4.10. The SMILES string of the molecule is CCNC(=O)C(Sc1cnc(Nc2nc(C)cs2)c(Oc2ccccc2)c1)C1CCNCC1.O=C(O)C(F)(F)F.O=C(O)C(F)(F)F. The molecule has 0 spiro atoms. The number of thioether (sulfide) groups is 1. The summed E-state index contributed by atoms with van der Waals surface area (Å²) in [6, 6.07) is 11.6. The van der Waals surface area contributed by atoms with Crippen molar-refractivity contribution < 1.29 is 55.7 Å². The summed E-state index contributed by atoms with van der Waals surface area (Å²) in [6.45, 7) is 6.42. The van der Waals surface area contributed by atoms with Gasteiger partial charge in [-0.15, -0.1) is 23.1 Å². The summed E-state index contributed by atoms with van der Waals surface area (Å²) < 4.78 is 69.7. The molecule has 11 nitrogen and oxygen atoms in total. The van der Waals surface area contributed by atoms with Gasteiger partial charge in [0, 0.05) is 23.0 Å². The van der Waals surface area contributed by atoms with E-state index in [9.17, 15) is 31.1 Å². The van der Waals surface area contributed by atoms with Crippen LogP contribution in [0, 0.1) is 12.8 Å². The van der Waals surface area contributed by atoms with Crippen LogP contribution in [0.15, 0.2) is 52.9 Å². The van der Waals surface area contributed by atoms with Crippen molar-refractivity contribution in [3.63, 3.8) is 0 Å². The maximum absolute atomic E-state index is 12.9. The van der Waals surface area contributed by atoms with E-state index in [1.54, 1.807) is 18.0 Å². The fraction of sp³-hybridized carbons (Fsp3) is 0.393. The molecule has 0 bridgehead atoms. The minimum absolute atomic E-state index is 0.0837. The Morgan fingerprint density at radius 3 is 2.13 bits per heavy atom. The second-order valence-corrected chi connectivity index (χ2v) is 11.6. The number of piperidine rings is 1. The highest BCUT2D eigenvalue weighted by atomic mass is 32.2. The van der Waals surface area contributed by atoms with Gasteiger partial charge in [-0.05, 0) is 63.9 Å². The van der Waals surface area contributed by atoms with Crippen LogP contribution in [-0.2, 0) is 14.4 Å². The molecule has 47 heavy (non-hydrogen) atoms. The molecule has 19 heteroatoms. The number of pyridine rings is 1. The summed E-state index contributed by atoms with van der Waals surface area (Å²) in [5.41, 5.74) is 0.951. The molecular weight excluding hydrogens is 680 g/mol. The number of thiazole rings is 1. The number of rotatable bonds is 9. The first-order valence-electron chi connectivity index (χ1n) is 13.7. The number of halogens is 6. The number of hydrogen-bond donors (Lipinski definition) is 5. The van der Waals surface area contributed by atoms with Crippen LogP contribution in [0.1, 0.15) is 25.5 Å². The molecule has 5 N–H and O–H groups in total. The van der Waals surface area contributed by atoms with Gasteiger partial charge in [0.1, 0.15) is 5.75 Å². The van der Waals surface area contributed by atoms with E-state index in [-0.39, 0.29) is 11.2 Å². The van der Waals surface area contributed by atoms with E-state index in [0.717, 1.165) is 47.4 Å². The molecule has 1 aliphatic rings. The summed E-state index contributed by atoms with van der Waals surface area (Å²) in [5.74, 6) is -3.20. The topological polar surface area (TPSA) is 163 Å². The Balaban J connectivity index is 0.000000459. The summed E-state index contributed by atoms with van der Waals surface area (Å²) in [7, 11) is 0. The van der Waals surface area contributed by atoms with Crippen molar-refractivity contribution in [2.45, 2.75) is 49.2 Å². The predicted octanol–water partition coefficient (Wildman–Crippen LogP) is 6.25. The molecule has 2 aromatic heterocycles. The number of nitrogens with one attached hydrogen (secondary N) is 3. The third-order valence-electron chi connectivity index (χ3n) is 5.81. The number of nitrogens with zero attached hydrogens (tertiary/aromatic N) is 2. The lowest BCUT2D eigenvalue weighted by Gasteiger charge is -2.29. The summed E-state index contributed by atoms with van der Waals surface area (Å²) in [5, 5.41) is 26.5. The van der Waals surface area contributed by atoms with E-state index >= 15 is 0 Å². The molecule has 1 fully saturated rings. The Morgan fingerprint density at radius 2 is 1.64 bits per heavy atom. The maximum Gasteiger partial charge on any atom is 0.490 e. The van der Waals surface area contributed by atoms with Gasteiger partial charge in [0.2, 0.25) is 5.91 Å². The molecule has 1 aromatic carbocycles. The van der Waals surface area contributed by atoms with Crippen molar-refractivity contribution in [2.75, 3.05) is 25.0 Å². The zero-order valence-electron chi connectivity index (χ0n) is 24.8. The van der Waals surface area contributed by atoms with Crippen molar-refractivity contribution in [2.24, 2.45) is 5.92 Å². The number of aromatic nitrogens is 2. The molecule has 0 radical (unpaired) electrons. The van der Waals surface area contributed by atoms with Gasteiger partial charge in [-0.2, -0.15) is 26.3 Å². The first-order chi connectivity index (χ1) is 22.0. The molecule has 1 unspecified atom stereocenters. The molecule has 1 saturated heterocycles. The van der Waals surface area contributed by atoms with Gasteiger partial charge in [-0.1, -0.05) is 18.2 Å². The predicted molar refractivity (Wildman–Crippen MR) is 162 cm³/mol. The molecule has 1 amide bonds. The molecular formula is C28H31F6N5O6S2. The Kier molecular flexibility index (Phi) is 15.2. The number of benzene rings is 1. The first-order valence-corrected chi connectivity index (χ1v) is 15.4. The Labute approximate surface area is 273 Å². The number of ether oxygens (including phenoxy) is 1. The molecule has 3 heterocycles. The summed E-state index contributed by atoms with van der Waals surface area (Å²) >= 11 is 3.08. The highest BCUT2D eigenvalue weighted by Crippen LogP contribution is 2.38. The standard InChI is InChI=1S/C24H29N5O2S2.2C2HF3O2/c1-3-26-23(30)21(17-9-11-25-12-10-17)33-19-13-20(31-18-7-5-4-6-8-18)22(27-14-19)29-24-28-16(2)15-32-24;2*3-2(4,5)1(6)7/h4-8,13-15,17,21,25H,3,9-12H2,1-2H3,(H,26,30)(H,27,28,29);2*(H,6,7). The largest absolute Gasteiger partial charge is 0.490 e. The molecule has 3 aromatic rings. The minimum atomic E-state index is -5.08. The number of alkyl halides is 6. The quantitative estimate of drug-likeness (QED) is 0.126. The van der Waals surface area contributed by atoms with Gasteiger partial charge in [0.05, 0.1) is 10.9 Å². The van der Waals surface area contributed by atoms with Crippen LogP contribution in [0.3, 0.4) is 0 Å². The van der Waals surface area contributed by atoms with E-state index in [2.05, 4.69) is 25.9 Å². The van der Waals surface area contributed by atoms with Crippen molar-refractivity contribution in [3.8, 4) is 11.5 Å². The third kappa shape index (κ3) is 14.1. The number of amides is 1. The number of para-hydroxylation sites is 1. The van der Waals surface area contributed by atoms with E-state index in [1.807, 2.05) is 55.6 Å². The number of anilines is 2. The lowest BCUT2D eigenvalue weighted by Crippen LogP contribution is -2.41. The number of carboxylic acids is 2. The normalized spacial score (nSPS) is 14.0. The number of carboxylic acid groups (broad SMARTS) is 2. The first kappa shape index (κ1) is 39.1. The average Bonchev–Trinajstić information content (AvgIpc) is 3.42. The number of hydrogen-bond acceptors (Lipinski definition) is 10.